The molecule has 0 aliphatic heterocycles. The lowest BCUT2D eigenvalue weighted by atomic mass is 9.97. The summed E-state index contributed by atoms with van der Waals surface area (Å²) in [7, 11) is 3.13. The molecule has 1 aromatic heterocycles. The molecular formula is C21H20N4O3. The molecule has 0 aliphatic rings. The second-order valence-electron chi connectivity index (χ2n) is 6.34. The Morgan fingerprint density at radius 1 is 0.929 bits per heavy atom. The number of nitrogens with zero attached hydrogens (tertiary/aromatic N) is 2. The van der Waals surface area contributed by atoms with Crippen molar-refractivity contribution in [3.05, 3.63) is 82.7 Å². The van der Waals surface area contributed by atoms with E-state index in [4.69, 9.17) is 0 Å². The highest BCUT2D eigenvalue weighted by Gasteiger charge is 2.21. The van der Waals surface area contributed by atoms with Crippen LogP contribution in [-0.2, 0) is 7.05 Å². The highest BCUT2D eigenvalue weighted by Crippen LogP contribution is 2.19. The van der Waals surface area contributed by atoms with Crippen LogP contribution in [-0.4, -0.2) is 34.4 Å². The third-order valence-corrected chi connectivity index (χ3v) is 4.25. The Balaban J connectivity index is 1.93. The van der Waals surface area contributed by atoms with E-state index in [2.05, 4.69) is 15.7 Å². The number of aryl methyl sites for hydroxylation is 2. The number of anilines is 1. The molecule has 0 fully saturated rings. The van der Waals surface area contributed by atoms with Gasteiger partial charge < -0.3 is 10.6 Å². The second-order valence-corrected chi connectivity index (χ2v) is 6.34. The number of nitrogens with one attached hydrogen (secondary N) is 2. The molecule has 0 unspecified atom stereocenters. The van der Waals surface area contributed by atoms with Crippen molar-refractivity contribution in [3.8, 4) is 0 Å². The Morgan fingerprint density at radius 2 is 1.57 bits per heavy atom. The van der Waals surface area contributed by atoms with Crippen molar-refractivity contribution in [2.45, 2.75) is 6.92 Å². The van der Waals surface area contributed by atoms with E-state index < -0.39 is 11.8 Å². The van der Waals surface area contributed by atoms with Gasteiger partial charge >= 0.3 is 0 Å². The van der Waals surface area contributed by atoms with Gasteiger partial charge in [0.25, 0.3) is 11.8 Å². The fraction of sp³-hybridized carbons (Fsp3) is 0.143. The number of ketones is 1. The van der Waals surface area contributed by atoms with Crippen LogP contribution >= 0.6 is 0 Å². The Morgan fingerprint density at radius 3 is 2.21 bits per heavy atom. The third-order valence-electron chi connectivity index (χ3n) is 4.25. The third kappa shape index (κ3) is 3.83. The van der Waals surface area contributed by atoms with Crippen LogP contribution in [0.4, 0.5) is 5.69 Å². The first kappa shape index (κ1) is 19.0. The van der Waals surface area contributed by atoms with Crippen molar-refractivity contribution in [3.63, 3.8) is 0 Å². The monoisotopic (exact) mass is 376 g/mol. The molecule has 7 nitrogen and oxygen atoms in total. The van der Waals surface area contributed by atoms with Gasteiger partial charge in [0.05, 0.1) is 11.3 Å². The van der Waals surface area contributed by atoms with Gasteiger partial charge in [-0.25, -0.2) is 0 Å². The van der Waals surface area contributed by atoms with Crippen LogP contribution < -0.4 is 10.6 Å². The summed E-state index contributed by atoms with van der Waals surface area (Å²) in [5.41, 5.74) is 2.42. The van der Waals surface area contributed by atoms with Crippen LogP contribution in [0.3, 0.4) is 0 Å². The fourth-order valence-corrected chi connectivity index (χ4v) is 2.80. The quantitative estimate of drug-likeness (QED) is 0.670. The fourth-order valence-electron chi connectivity index (χ4n) is 2.80. The normalized spacial score (nSPS) is 10.4. The SMILES string of the molecule is CNC(=O)c1nn(C)cc1NC(=O)c1ccccc1C(=O)c1ccc(C)cc1. The van der Waals surface area contributed by atoms with Crippen molar-refractivity contribution in [1.29, 1.82) is 0 Å². The summed E-state index contributed by atoms with van der Waals surface area (Å²) in [6, 6.07) is 13.7. The molecule has 28 heavy (non-hydrogen) atoms. The van der Waals surface area contributed by atoms with E-state index in [1.54, 1.807) is 43.4 Å². The number of rotatable bonds is 5. The maximum atomic E-state index is 12.9. The van der Waals surface area contributed by atoms with E-state index in [1.807, 2.05) is 19.1 Å². The summed E-state index contributed by atoms with van der Waals surface area (Å²) in [5, 5.41) is 9.23. The zero-order chi connectivity index (χ0) is 20.3. The van der Waals surface area contributed by atoms with Gasteiger partial charge in [-0.3, -0.25) is 19.1 Å². The lowest BCUT2D eigenvalue weighted by molar-refractivity contribution is 0.0957. The van der Waals surface area contributed by atoms with Crippen molar-refractivity contribution in [2.75, 3.05) is 12.4 Å². The first-order valence-corrected chi connectivity index (χ1v) is 8.68. The molecule has 0 radical (unpaired) electrons. The molecule has 2 N–H and O–H groups in total. The van der Waals surface area contributed by atoms with Crippen LogP contribution in [0.25, 0.3) is 0 Å². The van der Waals surface area contributed by atoms with Crippen molar-refractivity contribution >= 4 is 23.3 Å². The summed E-state index contributed by atoms with van der Waals surface area (Å²) >= 11 is 0. The molecule has 0 atom stereocenters. The van der Waals surface area contributed by atoms with E-state index in [0.717, 1.165) is 5.56 Å². The molecule has 0 saturated heterocycles. The number of hydrogen-bond donors (Lipinski definition) is 2. The van der Waals surface area contributed by atoms with Crippen LogP contribution in [0.5, 0.6) is 0 Å². The Kier molecular flexibility index (Phi) is 5.35. The standard InChI is InChI=1S/C21H20N4O3/c1-13-8-10-14(11-9-13)19(26)15-6-4-5-7-16(15)20(27)23-17-12-25(3)24-18(17)21(28)22-2/h4-12H,1-3H3,(H,22,28)(H,23,27). The number of aromatic nitrogens is 2. The molecule has 7 heteroatoms. The Hall–Kier alpha value is -3.74. The van der Waals surface area contributed by atoms with Gasteiger partial charge in [0.2, 0.25) is 0 Å². The molecule has 2 amide bonds. The lowest BCUT2D eigenvalue weighted by Crippen LogP contribution is -2.22. The molecule has 0 spiro atoms. The Bertz CT molecular complexity index is 1050. The summed E-state index contributed by atoms with van der Waals surface area (Å²) in [4.78, 5) is 37.7. The predicted octanol–water partition coefficient (Wildman–Crippen LogP) is 2.57. The van der Waals surface area contributed by atoms with Gasteiger partial charge in [0, 0.05) is 31.4 Å². The van der Waals surface area contributed by atoms with Crippen LogP contribution in [0.2, 0.25) is 0 Å². The average molecular weight is 376 g/mol. The van der Waals surface area contributed by atoms with Crippen molar-refractivity contribution < 1.29 is 14.4 Å². The zero-order valence-electron chi connectivity index (χ0n) is 15.8. The molecule has 2 aromatic carbocycles. The minimum Gasteiger partial charge on any atom is -0.354 e. The van der Waals surface area contributed by atoms with Crippen LogP contribution in [0.1, 0.15) is 42.3 Å². The maximum absolute atomic E-state index is 12.9. The smallest absolute Gasteiger partial charge is 0.273 e. The van der Waals surface area contributed by atoms with Gasteiger partial charge in [-0.15, -0.1) is 0 Å². The first-order chi connectivity index (χ1) is 13.4. The molecule has 0 aliphatic carbocycles. The highest BCUT2D eigenvalue weighted by molar-refractivity contribution is 6.18. The zero-order valence-corrected chi connectivity index (χ0v) is 15.8. The minimum atomic E-state index is -0.491. The molecule has 0 saturated carbocycles. The summed E-state index contributed by atoms with van der Waals surface area (Å²) < 4.78 is 1.43. The van der Waals surface area contributed by atoms with Crippen molar-refractivity contribution in [2.24, 2.45) is 7.05 Å². The van der Waals surface area contributed by atoms with Gasteiger partial charge in [-0.2, -0.15) is 5.10 Å². The number of benzene rings is 2. The number of carbonyl (C=O) groups is 3. The summed E-state index contributed by atoms with van der Waals surface area (Å²) in [6.07, 6.45) is 1.53. The summed E-state index contributed by atoms with van der Waals surface area (Å²) in [5.74, 6) is -1.16. The molecule has 142 valence electrons. The highest BCUT2D eigenvalue weighted by atomic mass is 16.2. The number of hydrogen-bond acceptors (Lipinski definition) is 4. The van der Waals surface area contributed by atoms with Gasteiger partial charge in [0.1, 0.15) is 0 Å². The predicted molar refractivity (Wildman–Crippen MR) is 106 cm³/mol. The summed E-state index contributed by atoms with van der Waals surface area (Å²) in [6.45, 7) is 1.94. The van der Waals surface area contributed by atoms with E-state index in [1.165, 1.54) is 17.9 Å². The van der Waals surface area contributed by atoms with E-state index in [0.29, 0.717) is 5.56 Å². The molecule has 1 heterocycles. The minimum absolute atomic E-state index is 0.0979. The first-order valence-electron chi connectivity index (χ1n) is 8.68. The van der Waals surface area contributed by atoms with E-state index in [9.17, 15) is 14.4 Å². The van der Waals surface area contributed by atoms with Gasteiger partial charge in [-0.1, -0.05) is 48.0 Å². The molecule has 0 bridgehead atoms. The Labute approximate surface area is 162 Å². The van der Waals surface area contributed by atoms with Crippen LogP contribution in [0.15, 0.2) is 54.7 Å². The topological polar surface area (TPSA) is 93.1 Å². The molecule has 3 aromatic rings. The molecule has 3 rings (SSSR count). The molecular weight excluding hydrogens is 356 g/mol. The maximum Gasteiger partial charge on any atom is 0.273 e. The van der Waals surface area contributed by atoms with Gasteiger partial charge in [-0.05, 0) is 13.0 Å². The average Bonchev–Trinajstić information content (AvgIpc) is 3.07. The second kappa shape index (κ2) is 7.87. The van der Waals surface area contributed by atoms with Gasteiger partial charge in [0.15, 0.2) is 11.5 Å². The van der Waals surface area contributed by atoms with Crippen molar-refractivity contribution in [1.82, 2.24) is 15.1 Å². The van der Waals surface area contributed by atoms with Crippen LogP contribution in [0, 0.1) is 6.92 Å². The number of amides is 2. The lowest BCUT2D eigenvalue weighted by Gasteiger charge is -2.10. The largest absolute Gasteiger partial charge is 0.354 e. The van der Waals surface area contributed by atoms with E-state index >= 15 is 0 Å². The van der Waals surface area contributed by atoms with E-state index in [-0.39, 0.29) is 28.3 Å². The number of carbonyl (C=O) groups excluding carboxylic acids is 3.